The minimum atomic E-state index is -0.295. The van der Waals surface area contributed by atoms with Crippen LogP contribution in [-0.4, -0.2) is 29.2 Å². The van der Waals surface area contributed by atoms with Gasteiger partial charge in [0.25, 0.3) is 11.1 Å². The van der Waals surface area contributed by atoms with Gasteiger partial charge in [-0.1, -0.05) is 60.7 Å². The van der Waals surface area contributed by atoms with Crippen molar-refractivity contribution in [2.24, 2.45) is 0 Å². The molecule has 1 saturated heterocycles. The van der Waals surface area contributed by atoms with Crippen molar-refractivity contribution < 1.29 is 19.1 Å². The predicted molar refractivity (Wildman–Crippen MR) is 149 cm³/mol. The number of carbonyl (C=O) groups excluding carboxylic acids is 2. The molecule has 0 N–H and O–H groups in total. The summed E-state index contributed by atoms with van der Waals surface area (Å²) in [4.78, 5) is 26.9. The number of rotatable bonds is 8. The first-order chi connectivity index (χ1) is 18.0. The molecule has 0 unspecified atom stereocenters. The summed E-state index contributed by atoms with van der Waals surface area (Å²) in [7, 11) is 0. The van der Waals surface area contributed by atoms with Gasteiger partial charge in [0.1, 0.15) is 24.7 Å². The molecule has 0 aromatic heterocycles. The number of ether oxygens (including phenoxy) is 2. The lowest BCUT2D eigenvalue weighted by Crippen LogP contribution is -2.32. The number of hydrogen-bond donors (Lipinski definition) is 0. The second-order valence-corrected chi connectivity index (χ2v) is 9.98. The summed E-state index contributed by atoms with van der Waals surface area (Å²) in [6.07, 6.45) is 1.74. The van der Waals surface area contributed by atoms with E-state index < -0.39 is 0 Å². The van der Waals surface area contributed by atoms with Crippen LogP contribution in [0.5, 0.6) is 11.5 Å². The Morgan fingerprint density at radius 2 is 1.62 bits per heavy atom. The quantitative estimate of drug-likeness (QED) is 0.236. The fourth-order valence-corrected chi connectivity index (χ4v) is 4.97. The van der Waals surface area contributed by atoms with Gasteiger partial charge in [-0.15, -0.1) is 0 Å². The molecule has 1 fully saturated rings. The zero-order chi connectivity index (χ0) is 25.8. The average Bonchev–Trinajstić information content (AvgIpc) is 3.17. The summed E-state index contributed by atoms with van der Waals surface area (Å²) in [5.74, 6) is 1.21. The third-order valence-corrected chi connectivity index (χ3v) is 7.09. The van der Waals surface area contributed by atoms with Gasteiger partial charge in [0.2, 0.25) is 0 Å². The first-order valence-corrected chi connectivity index (χ1v) is 12.9. The van der Waals surface area contributed by atoms with Crippen LogP contribution in [0, 0.1) is 13.8 Å². The van der Waals surface area contributed by atoms with Crippen molar-refractivity contribution in [2.75, 3.05) is 13.2 Å². The maximum absolute atomic E-state index is 12.8. The lowest BCUT2D eigenvalue weighted by Gasteiger charge is -2.14. The molecule has 0 aliphatic carbocycles. The van der Waals surface area contributed by atoms with Crippen molar-refractivity contribution in [1.82, 2.24) is 4.90 Å². The molecule has 186 valence electrons. The molecule has 1 aliphatic heterocycles. The van der Waals surface area contributed by atoms with Crippen LogP contribution in [0.15, 0.2) is 89.8 Å². The molecule has 1 aliphatic rings. The van der Waals surface area contributed by atoms with Crippen molar-refractivity contribution in [1.29, 1.82) is 0 Å². The van der Waals surface area contributed by atoms with E-state index in [9.17, 15) is 9.59 Å². The number of nitrogens with zero attached hydrogens (tertiary/aromatic N) is 1. The Morgan fingerprint density at radius 3 is 2.43 bits per heavy atom. The van der Waals surface area contributed by atoms with Gasteiger partial charge in [-0.2, -0.15) is 0 Å². The van der Waals surface area contributed by atoms with Crippen LogP contribution in [0.25, 0.3) is 16.8 Å². The van der Waals surface area contributed by atoms with E-state index in [1.807, 2.05) is 68.4 Å². The van der Waals surface area contributed by atoms with E-state index >= 15 is 0 Å². The Labute approximate surface area is 220 Å². The summed E-state index contributed by atoms with van der Waals surface area (Å²) >= 11 is 0.953. The van der Waals surface area contributed by atoms with Gasteiger partial charge in [0.05, 0.1) is 11.4 Å². The van der Waals surface area contributed by atoms with E-state index in [0.29, 0.717) is 11.5 Å². The number of aryl methyl sites for hydroxylation is 2. The van der Waals surface area contributed by atoms with Crippen molar-refractivity contribution in [3.8, 4) is 11.5 Å². The Kier molecular flexibility index (Phi) is 7.28. The SMILES string of the molecule is Cc1ccc(C)c(OCCN2C(=O)S/C(=C\c3ccc(OCc4ccc5ccccc5c4)cc3)C2=O)c1. The molecule has 0 saturated carbocycles. The van der Waals surface area contributed by atoms with Crippen LogP contribution in [0.4, 0.5) is 4.79 Å². The molecule has 5 rings (SSSR count). The third-order valence-electron chi connectivity index (χ3n) is 6.19. The van der Waals surface area contributed by atoms with Crippen LogP contribution < -0.4 is 9.47 Å². The Hall–Kier alpha value is -4.03. The monoisotopic (exact) mass is 509 g/mol. The van der Waals surface area contributed by atoms with Crippen molar-refractivity contribution in [3.05, 3.63) is 112 Å². The van der Waals surface area contributed by atoms with Crippen molar-refractivity contribution >= 4 is 39.8 Å². The van der Waals surface area contributed by atoms with Gasteiger partial charge < -0.3 is 9.47 Å². The Balaban J connectivity index is 1.17. The summed E-state index contributed by atoms with van der Waals surface area (Å²) in [5, 5.41) is 2.11. The molecule has 1 heterocycles. The highest BCUT2D eigenvalue weighted by Crippen LogP contribution is 2.32. The Bertz CT molecular complexity index is 1490. The molecular formula is C31H27NO4S. The summed E-state index contributed by atoms with van der Waals surface area (Å²) in [6, 6.07) is 28.0. The normalized spacial score (nSPS) is 14.5. The largest absolute Gasteiger partial charge is 0.491 e. The molecule has 4 aromatic carbocycles. The molecule has 2 amide bonds. The number of carbonyl (C=O) groups is 2. The molecule has 0 spiro atoms. The third kappa shape index (κ3) is 5.87. The number of fused-ring (bicyclic) bond motifs is 1. The van der Waals surface area contributed by atoms with E-state index in [1.165, 1.54) is 15.7 Å². The van der Waals surface area contributed by atoms with Crippen LogP contribution >= 0.6 is 11.8 Å². The van der Waals surface area contributed by atoms with Gasteiger partial charge in [-0.25, -0.2) is 0 Å². The van der Waals surface area contributed by atoms with Crippen LogP contribution in [0.1, 0.15) is 22.3 Å². The number of imide groups is 1. The van der Waals surface area contributed by atoms with Crippen molar-refractivity contribution in [2.45, 2.75) is 20.5 Å². The zero-order valence-corrected chi connectivity index (χ0v) is 21.6. The van der Waals surface area contributed by atoms with Gasteiger partial charge in [-0.3, -0.25) is 14.5 Å². The molecule has 5 nitrogen and oxygen atoms in total. The molecule has 0 radical (unpaired) electrons. The number of thioether (sulfide) groups is 1. The number of benzene rings is 4. The van der Waals surface area contributed by atoms with E-state index in [1.54, 1.807) is 6.08 Å². The smallest absolute Gasteiger partial charge is 0.293 e. The number of amides is 2. The summed E-state index contributed by atoms with van der Waals surface area (Å²) in [6.45, 7) is 4.89. The van der Waals surface area contributed by atoms with Crippen LogP contribution in [-0.2, 0) is 11.4 Å². The summed E-state index contributed by atoms with van der Waals surface area (Å²) < 4.78 is 11.8. The second-order valence-electron chi connectivity index (χ2n) is 8.99. The maximum atomic E-state index is 12.8. The minimum Gasteiger partial charge on any atom is -0.491 e. The van der Waals surface area contributed by atoms with Gasteiger partial charge in [-0.05, 0) is 89.0 Å². The van der Waals surface area contributed by atoms with Gasteiger partial charge in [0, 0.05) is 0 Å². The predicted octanol–water partition coefficient (Wildman–Crippen LogP) is 7.15. The molecular weight excluding hydrogens is 482 g/mol. The fourth-order valence-electron chi connectivity index (χ4n) is 4.11. The van der Waals surface area contributed by atoms with Crippen molar-refractivity contribution in [3.63, 3.8) is 0 Å². The topological polar surface area (TPSA) is 55.8 Å². The highest BCUT2D eigenvalue weighted by Gasteiger charge is 2.34. The molecule has 6 heteroatoms. The highest BCUT2D eigenvalue weighted by atomic mass is 32.2. The standard InChI is InChI=1S/C31H27NO4S/c1-21-7-8-22(2)28(17-21)35-16-15-32-30(33)29(37-31(32)34)19-23-10-13-27(14-11-23)36-20-24-9-12-25-5-3-4-6-26(25)18-24/h3-14,17-19H,15-16,20H2,1-2H3/b29-19-. The highest BCUT2D eigenvalue weighted by molar-refractivity contribution is 8.18. The number of hydrogen-bond acceptors (Lipinski definition) is 5. The average molecular weight is 510 g/mol. The second kappa shape index (κ2) is 10.9. The van der Waals surface area contributed by atoms with E-state index in [-0.39, 0.29) is 24.3 Å². The lowest BCUT2D eigenvalue weighted by atomic mass is 10.1. The first kappa shape index (κ1) is 24.7. The van der Waals surface area contributed by atoms with Crippen LogP contribution in [0.3, 0.4) is 0 Å². The van der Waals surface area contributed by atoms with Gasteiger partial charge >= 0.3 is 0 Å². The Morgan fingerprint density at radius 1 is 0.838 bits per heavy atom. The maximum Gasteiger partial charge on any atom is 0.293 e. The van der Waals surface area contributed by atoms with Gasteiger partial charge in [0.15, 0.2) is 0 Å². The van der Waals surface area contributed by atoms with E-state index in [4.69, 9.17) is 9.47 Å². The van der Waals surface area contributed by atoms with Crippen LogP contribution in [0.2, 0.25) is 0 Å². The fraction of sp³-hybridized carbons (Fsp3) is 0.161. The molecule has 37 heavy (non-hydrogen) atoms. The molecule has 0 atom stereocenters. The first-order valence-electron chi connectivity index (χ1n) is 12.1. The summed E-state index contributed by atoms with van der Waals surface area (Å²) in [5.41, 5.74) is 4.04. The molecule has 0 bridgehead atoms. The van der Waals surface area contributed by atoms with E-state index in [0.717, 1.165) is 45.5 Å². The minimum absolute atomic E-state index is 0.205. The van der Waals surface area contributed by atoms with E-state index in [2.05, 4.69) is 30.3 Å². The zero-order valence-electron chi connectivity index (χ0n) is 20.8. The molecule has 4 aromatic rings. The lowest BCUT2D eigenvalue weighted by molar-refractivity contribution is -0.123.